The first-order chi connectivity index (χ1) is 7.68. The smallest absolute Gasteiger partial charge is 0.320 e. The molecule has 1 saturated heterocycles. The van der Waals surface area contributed by atoms with E-state index in [0.29, 0.717) is 19.0 Å². The van der Waals surface area contributed by atoms with E-state index >= 15 is 0 Å². The van der Waals surface area contributed by atoms with Crippen LogP contribution in [0.5, 0.6) is 0 Å². The van der Waals surface area contributed by atoms with Crippen molar-refractivity contribution in [2.45, 2.75) is 38.1 Å². The fourth-order valence-electron chi connectivity index (χ4n) is 2.15. The molecule has 0 aromatic rings. The normalized spacial score (nSPS) is 19.9. The van der Waals surface area contributed by atoms with Crippen molar-refractivity contribution in [3.8, 4) is 0 Å². The van der Waals surface area contributed by atoms with E-state index in [1.807, 2.05) is 9.80 Å². The molecule has 0 bridgehead atoms. The van der Waals surface area contributed by atoms with Crippen LogP contribution < -0.4 is 5.73 Å². The van der Waals surface area contributed by atoms with Gasteiger partial charge in [-0.05, 0) is 25.7 Å². The van der Waals surface area contributed by atoms with Gasteiger partial charge >= 0.3 is 6.03 Å². The molecule has 0 unspecified atom stereocenters. The maximum atomic E-state index is 12.2. The fourth-order valence-corrected chi connectivity index (χ4v) is 2.15. The van der Waals surface area contributed by atoms with Gasteiger partial charge in [0.1, 0.15) is 0 Å². The largest absolute Gasteiger partial charge is 0.388 e. The number of rotatable bonds is 4. The average molecular weight is 224 g/mol. The van der Waals surface area contributed by atoms with Gasteiger partial charge < -0.3 is 15.5 Å². The lowest BCUT2D eigenvalue weighted by Crippen LogP contribution is -2.44. The molecular formula is C11H20N4O. The number of likely N-dealkylation sites (tertiary alicyclic amines) is 1. The Labute approximate surface area is 96.1 Å². The summed E-state index contributed by atoms with van der Waals surface area (Å²) in [6, 6.07) is 0.564. The van der Waals surface area contributed by atoms with Crippen LogP contribution in [0.25, 0.3) is 0 Å². The van der Waals surface area contributed by atoms with Gasteiger partial charge in [-0.15, -0.1) is 0 Å². The van der Waals surface area contributed by atoms with Crippen molar-refractivity contribution >= 4 is 11.9 Å². The number of carbonyl (C=O) groups is 1. The molecule has 2 aliphatic rings. The van der Waals surface area contributed by atoms with Crippen LogP contribution in [0.15, 0.2) is 0 Å². The van der Waals surface area contributed by atoms with E-state index < -0.39 is 0 Å². The molecule has 90 valence electrons. The molecule has 5 nitrogen and oxygen atoms in total. The molecule has 0 aromatic heterocycles. The van der Waals surface area contributed by atoms with Crippen molar-refractivity contribution in [3.63, 3.8) is 0 Å². The second-order valence-corrected chi connectivity index (χ2v) is 4.68. The molecular weight excluding hydrogens is 204 g/mol. The highest BCUT2D eigenvalue weighted by Crippen LogP contribution is 2.28. The number of hydrogen-bond donors (Lipinski definition) is 2. The average Bonchev–Trinajstić information content (AvgIpc) is 2.93. The van der Waals surface area contributed by atoms with Crippen LogP contribution in [0.1, 0.15) is 32.1 Å². The SMILES string of the molecule is N=C(N)CCN(C(=O)N1CCCC1)C1CC1. The molecule has 16 heavy (non-hydrogen) atoms. The number of nitrogens with two attached hydrogens (primary N) is 1. The van der Waals surface area contributed by atoms with E-state index in [2.05, 4.69) is 0 Å². The van der Waals surface area contributed by atoms with Gasteiger partial charge in [-0.1, -0.05) is 0 Å². The highest BCUT2D eigenvalue weighted by molar-refractivity contribution is 5.79. The van der Waals surface area contributed by atoms with Crippen molar-refractivity contribution in [3.05, 3.63) is 0 Å². The van der Waals surface area contributed by atoms with Gasteiger partial charge in [-0.3, -0.25) is 5.41 Å². The van der Waals surface area contributed by atoms with Crippen molar-refractivity contribution in [1.82, 2.24) is 9.80 Å². The summed E-state index contributed by atoms with van der Waals surface area (Å²) in [6.45, 7) is 2.39. The lowest BCUT2D eigenvalue weighted by Gasteiger charge is -2.27. The van der Waals surface area contributed by atoms with E-state index in [9.17, 15) is 4.79 Å². The van der Waals surface area contributed by atoms with E-state index in [-0.39, 0.29) is 11.9 Å². The summed E-state index contributed by atoms with van der Waals surface area (Å²) in [6.07, 6.45) is 4.96. The Kier molecular flexibility index (Phi) is 3.31. The molecule has 5 heteroatoms. The maximum absolute atomic E-state index is 12.2. The zero-order valence-corrected chi connectivity index (χ0v) is 9.61. The van der Waals surface area contributed by atoms with Crippen molar-refractivity contribution < 1.29 is 4.79 Å². The van der Waals surface area contributed by atoms with Crippen molar-refractivity contribution in [1.29, 1.82) is 5.41 Å². The Morgan fingerprint density at radius 2 is 2.00 bits per heavy atom. The number of amidine groups is 1. The Bertz CT molecular complexity index is 282. The van der Waals surface area contributed by atoms with E-state index in [4.69, 9.17) is 11.1 Å². The summed E-state index contributed by atoms with van der Waals surface area (Å²) in [5.41, 5.74) is 5.35. The summed E-state index contributed by atoms with van der Waals surface area (Å²) in [5.74, 6) is 0.167. The van der Waals surface area contributed by atoms with Gasteiger partial charge in [0, 0.05) is 32.1 Å². The van der Waals surface area contributed by atoms with Gasteiger partial charge in [0.05, 0.1) is 5.84 Å². The third kappa shape index (κ3) is 2.65. The van der Waals surface area contributed by atoms with Gasteiger partial charge in [0.15, 0.2) is 0 Å². The number of hydrogen-bond acceptors (Lipinski definition) is 2. The molecule has 1 heterocycles. The molecule has 0 aromatic carbocycles. The molecule has 1 aliphatic carbocycles. The number of urea groups is 1. The minimum absolute atomic E-state index is 0.154. The number of amides is 2. The first-order valence-corrected chi connectivity index (χ1v) is 6.07. The summed E-state index contributed by atoms with van der Waals surface area (Å²) < 4.78 is 0. The molecule has 3 N–H and O–H groups in total. The van der Waals surface area contributed by atoms with Crippen LogP contribution in [-0.2, 0) is 0 Å². The summed E-state index contributed by atoms with van der Waals surface area (Å²) >= 11 is 0. The molecule has 2 rings (SSSR count). The predicted octanol–water partition coefficient (Wildman–Crippen LogP) is 0.993. The zero-order valence-electron chi connectivity index (χ0n) is 9.61. The van der Waals surface area contributed by atoms with Crippen LogP contribution in [0.4, 0.5) is 4.79 Å². The highest BCUT2D eigenvalue weighted by atomic mass is 16.2. The van der Waals surface area contributed by atoms with Crippen LogP contribution >= 0.6 is 0 Å². The first kappa shape index (κ1) is 11.2. The first-order valence-electron chi connectivity index (χ1n) is 6.07. The molecule has 0 spiro atoms. The zero-order chi connectivity index (χ0) is 11.5. The lowest BCUT2D eigenvalue weighted by atomic mass is 10.3. The van der Waals surface area contributed by atoms with Gasteiger partial charge in [-0.2, -0.15) is 0 Å². The molecule has 1 saturated carbocycles. The Balaban J connectivity index is 1.89. The predicted molar refractivity (Wildman–Crippen MR) is 62.5 cm³/mol. The van der Waals surface area contributed by atoms with Crippen molar-refractivity contribution in [2.75, 3.05) is 19.6 Å². The van der Waals surface area contributed by atoms with E-state index in [1.165, 1.54) is 0 Å². The monoisotopic (exact) mass is 224 g/mol. The minimum Gasteiger partial charge on any atom is -0.388 e. The fraction of sp³-hybridized carbons (Fsp3) is 0.818. The topological polar surface area (TPSA) is 73.4 Å². The standard InChI is InChI=1S/C11H20N4O/c12-10(13)5-8-15(9-3-4-9)11(16)14-6-1-2-7-14/h9H,1-8H2,(H3,12,13). The molecule has 0 atom stereocenters. The molecule has 2 fully saturated rings. The summed E-state index contributed by atoms with van der Waals surface area (Å²) in [4.78, 5) is 16.0. The number of nitrogens with one attached hydrogen (secondary N) is 1. The number of nitrogens with zero attached hydrogens (tertiary/aromatic N) is 2. The molecule has 0 radical (unpaired) electrons. The maximum Gasteiger partial charge on any atom is 0.320 e. The van der Waals surface area contributed by atoms with Gasteiger partial charge in [0.2, 0.25) is 0 Å². The van der Waals surface area contributed by atoms with Crippen LogP contribution in [-0.4, -0.2) is 47.3 Å². The van der Waals surface area contributed by atoms with Crippen LogP contribution in [0.2, 0.25) is 0 Å². The summed E-state index contributed by atoms with van der Waals surface area (Å²) in [5, 5.41) is 7.23. The minimum atomic E-state index is 0.154. The van der Waals surface area contributed by atoms with Crippen molar-refractivity contribution in [2.24, 2.45) is 5.73 Å². The number of carbonyl (C=O) groups excluding carboxylic acids is 1. The quantitative estimate of drug-likeness (QED) is 0.552. The Morgan fingerprint density at radius 1 is 1.38 bits per heavy atom. The van der Waals surface area contributed by atoms with Gasteiger partial charge in [0.25, 0.3) is 0 Å². The lowest BCUT2D eigenvalue weighted by molar-refractivity contribution is 0.161. The Morgan fingerprint density at radius 3 is 2.50 bits per heavy atom. The third-order valence-corrected chi connectivity index (χ3v) is 3.23. The second kappa shape index (κ2) is 4.72. The van der Waals surface area contributed by atoms with E-state index in [1.54, 1.807) is 0 Å². The third-order valence-electron chi connectivity index (χ3n) is 3.23. The second-order valence-electron chi connectivity index (χ2n) is 4.68. The van der Waals surface area contributed by atoms with Gasteiger partial charge in [-0.25, -0.2) is 4.79 Å². The summed E-state index contributed by atoms with van der Waals surface area (Å²) in [7, 11) is 0. The molecule has 1 aliphatic heterocycles. The Hall–Kier alpha value is -1.26. The van der Waals surface area contributed by atoms with Crippen LogP contribution in [0, 0.1) is 5.41 Å². The van der Waals surface area contributed by atoms with E-state index in [0.717, 1.165) is 38.8 Å². The van der Waals surface area contributed by atoms with Crippen LogP contribution in [0.3, 0.4) is 0 Å². The highest BCUT2D eigenvalue weighted by Gasteiger charge is 2.35. The molecule has 2 amide bonds.